The number of aromatic nitrogens is 3. The average Bonchev–Trinajstić information content (AvgIpc) is 3.08. The second-order valence-corrected chi connectivity index (χ2v) is 7.09. The Hall–Kier alpha value is -3.65. The molecule has 2 N–H and O–H groups in total. The van der Waals surface area contributed by atoms with Gasteiger partial charge in [-0.3, -0.25) is 4.57 Å². The topological polar surface area (TPSA) is 95.5 Å². The third-order valence-corrected chi connectivity index (χ3v) is 5.37. The summed E-state index contributed by atoms with van der Waals surface area (Å²) in [6.07, 6.45) is 0. The number of para-hydroxylation sites is 2. The van der Waals surface area contributed by atoms with Gasteiger partial charge < -0.3 is 20.1 Å². The zero-order valence-electron chi connectivity index (χ0n) is 16.5. The van der Waals surface area contributed by atoms with Crippen molar-refractivity contribution in [3.63, 3.8) is 0 Å². The minimum Gasteiger partial charge on any atom is -0.465 e. The summed E-state index contributed by atoms with van der Waals surface area (Å²) < 4.78 is 12.1. The van der Waals surface area contributed by atoms with Gasteiger partial charge in [0, 0.05) is 24.5 Å². The van der Waals surface area contributed by atoms with Crippen LogP contribution in [0.4, 0.5) is 11.5 Å². The lowest BCUT2D eigenvalue weighted by molar-refractivity contribution is 0.0604. The molecule has 5 rings (SSSR count). The molecular formula is C22H21N5O3. The maximum absolute atomic E-state index is 12.5. The zero-order chi connectivity index (χ0) is 20.7. The van der Waals surface area contributed by atoms with Crippen LogP contribution in [0.1, 0.15) is 10.4 Å². The van der Waals surface area contributed by atoms with Gasteiger partial charge in [0.15, 0.2) is 5.65 Å². The number of morpholine rings is 1. The lowest BCUT2D eigenvalue weighted by Crippen LogP contribution is -2.36. The van der Waals surface area contributed by atoms with Crippen LogP contribution >= 0.6 is 0 Å². The number of fused-ring (bicyclic) bond motifs is 2. The Bertz CT molecular complexity index is 1240. The number of ether oxygens (including phenoxy) is 2. The first-order valence-corrected chi connectivity index (χ1v) is 9.75. The summed E-state index contributed by atoms with van der Waals surface area (Å²) in [6.45, 7) is 3.17. The van der Waals surface area contributed by atoms with Gasteiger partial charge in [-0.2, -0.15) is 0 Å². The quantitative estimate of drug-likeness (QED) is 0.526. The maximum Gasteiger partial charge on any atom is 0.343 e. The number of benzene rings is 2. The van der Waals surface area contributed by atoms with E-state index in [-0.39, 0.29) is 11.4 Å². The van der Waals surface area contributed by atoms with Crippen molar-refractivity contribution >= 4 is 39.7 Å². The number of carbonyl (C=O) groups is 1. The van der Waals surface area contributed by atoms with E-state index in [1.54, 1.807) is 4.57 Å². The van der Waals surface area contributed by atoms with Gasteiger partial charge in [-0.25, -0.2) is 14.8 Å². The number of nitrogens with zero attached hydrogens (tertiary/aromatic N) is 4. The SMILES string of the molecule is COC(=O)c1c(N)n(-c2ccc(N3CCOCC3)cc2)c2nc3ccccc3nc12. The molecule has 30 heavy (non-hydrogen) atoms. The molecule has 4 aromatic rings. The Morgan fingerprint density at radius 1 is 1.00 bits per heavy atom. The largest absolute Gasteiger partial charge is 0.465 e. The van der Waals surface area contributed by atoms with Crippen molar-refractivity contribution in [1.29, 1.82) is 0 Å². The molecule has 8 heteroatoms. The normalized spacial score (nSPS) is 14.4. The van der Waals surface area contributed by atoms with Gasteiger partial charge in [0.2, 0.25) is 0 Å². The highest BCUT2D eigenvalue weighted by Crippen LogP contribution is 2.32. The number of carbonyl (C=O) groups excluding carboxylic acids is 1. The molecule has 0 radical (unpaired) electrons. The van der Waals surface area contributed by atoms with Gasteiger partial charge >= 0.3 is 5.97 Å². The summed E-state index contributed by atoms with van der Waals surface area (Å²) in [7, 11) is 1.33. The number of hydrogen-bond acceptors (Lipinski definition) is 7. The minimum atomic E-state index is -0.536. The van der Waals surface area contributed by atoms with Crippen LogP contribution in [-0.4, -0.2) is 53.9 Å². The van der Waals surface area contributed by atoms with E-state index >= 15 is 0 Å². The molecule has 2 aromatic carbocycles. The fourth-order valence-electron chi connectivity index (χ4n) is 3.86. The van der Waals surface area contributed by atoms with Crippen molar-refractivity contribution in [2.75, 3.05) is 44.0 Å². The van der Waals surface area contributed by atoms with Crippen LogP contribution in [0.15, 0.2) is 48.5 Å². The maximum atomic E-state index is 12.5. The first-order chi connectivity index (χ1) is 14.7. The van der Waals surface area contributed by atoms with Crippen molar-refractivity contribution < 1.29 is 14.3 Å². The van der Waals surface area contributed by atoms with E-state index in [2.05, 4.69) is 9.88 Å². The van der Waals surface area contributed by atoms with Gasteiger partial charge in [-0.1, -0.05) is 12.1 Å². The van der Waals surface area contributed by atoms with Crippen molar-refractivity contribution in [3.8, 4) is 5.69 Å². The van der Waals surface area contributed by atoms with Crippen molar-refractivity contribution in [2.24, 2.45) is 0 Å². The number of hydrogen-bond donors (Lipinski definition) is 1. The van der Waals surface area contributed by atoms with Gasteiger partial charge in [-0.15, -0.1) is 0 Å². The smallest absolute Gasteiger partial charge is 0.343 e. The summed E-state index contributed by atoms with van der Waals surface area (Å²) in [5.41, 5.74) is 10.9. The number of anilines is 2. The molecule has 0 amide bonds. The number of rotatable bonds is 3. The fourth-order valence-corrected chi connectivity index (χ4v) is 3.86. The second-order valence-electron chi connectivity index (χ2n) is 7.09. The summed E-state index contributed by atoms with van der Waals surface area (Å²) in [4.78, 5) is 24.2. The summed E-state index contributed by atoms with van der Waals surface area (Å²) in [6, 6.07) is 15.5. The van der Waals surface area contributed by atoms with Crippen molar-refractivity contribution in [1.82, 2.24) is 14.5 Å². The predicted molar refractivity (Wildman–Crippen MR) is 115 cm³/mol. The first-order valence-electron chi connectivity index (χ1n) is 9.75. The molecule has 1 aliphatic rings. The Kier molecular flexibility index (Phi) is 4.48. The minimum absolute atomic E-state index is 0.225. The van der Waals surface area contributed by atoms with Crippen LogP contribution in [0.5, 0.6) is 0 Å². The standard InChI is InChI=1S/C22H21N5O3/c1-29-22(28)18-19-21(25-17-5-3-2-4-16(17)24-19)27(20(18)23)15-8-6-14(7-9-15)26-10-12-30-13-11-26/h2-9H,10-13,23H2,1H3. The van der Waals surface area contributed by atoms with E-state index in [9.17, 15) is 4.79 Å². The van der Waals surface area contributed by atoms with Crippen LogP contribution in [-0.2, 0) is 9.47 Å². The third kappa shape index (κ3) is 2.93. The molecule has 0 bridgehead atoms. The van der Waals surface area contributed by atoms with Crippen LogP contribution in [0.25, 0.3) is 27.9 Å². The lowest BCUT2D eigenvalue weighted by atomic mass is 10.2. The highest BCUT2D eigenvalue weighted by Gasteiger charge is 2.25. The summed E-state index contributed by atoms with van der Waals surface area (Å²) >= 11 is 0. The predicted octanol–water partition coefficient (Wildman–Crippen LogP) is 2.78. The van der Waals surface area contributed by atoms with Crippen molar-refractivity contribution in [2.45, 2.75) is 0 Å². The monoisotopic (exact) mass is 403 g/mol. The Morgan fingerprint density at radius 2 is 1.63 bits per heavy atom. The molecule has 1 fully saturated rings. The van der Waals surface area contributed by atoms with E-state index in [0.29, 0.717) is 16.7 Å². The molecule has 1 saturated heterocycles. The molecular weight excluding hydrogens is 382 g/mol. The van der Waals surface area contributed by atoms with Gasteiger partial charge in [-0.05, 0) is 36.4 Å². The molecule has 0 unspecified atom stereocenters. The molecule has 1 aliphatic heterocycles. The number of methoxy groups -OCH3 is 1. The van der Waals surface area contributed by atoms with E-state index in [4.69, 9.17) is 20.2 Å². The molecule has 3 heterocycles. The summed E-state index contributed by atoms with van der Waals surface area (Å²) in [5, 5.41) is 0. The number of nitrogens with two attached hydrogens (primary N) is 1. The summed E-state index contributed by atoms with van der Waals surface area (Å²) in [5.74, 6) is -0.281. The molecule has 8 nitrogen and oxygen atoms in total. The third-order valence-electron chi connectivity index (χ3n) is 5.37. The Morgan fingerprint density at radius 3 is 2.30 bits per heavy atom. The number of nitrogen functional groups attached to an aromatic ring is 1. The van der Waals surface area contributed by atoms with E-state index in [1.807, 2.05) is 48.5 Å². The lowest BCUT2D eigenvalue weighted by Gasteiger charge is -2.29. The van der Waals surface area contributed by atoms with Gasteiger partial charge in [0.25, 0.3) is 0 Å². The molecule has 0 atom stereocenters. The van der Waals surface area contributed by atoms with Crippen LogP contribution in [0.3, 0.4) is 0 Å². The molecule has 0 spiro atoms. The van der Waals surface area contributed by atoms with Gasteiger partial charge in [0.1, 0.15) is 16.9 Å². The van der Waals surface area contributed by atoms with E-state index < -0.39 is 5.97 Å². The Balaban J connectivity index is 1.68. The zero-order valence-corrected chi connectivity index (χ0v) is 16.5. The highest BCUT2D eigenvalue weighted by atomic mass is 16.5. The molecule has 0 saturated carbocycles. The molecule has 152 valence electrons. The first kappa shape index (κ1) is 18.4. The van der Waals surface area contributed by atoms with E-state index in [1.165, 1.54) is 7.11 Å². The average molecular weight is 403 g/mol. The Labute approximate surface area is 172 Å². The van der Waals surface area contributed by atoms with Crippen LogP contribution in [0, 0.1) is 0 Å². The second kappa shape index (κ2) is 7.31. The highest BCUT2D eigenvalue weighted by molar-refractivity contribution is 6.08. The van der Waals surface area contributed by atoms with Gasteiger partial charge in [0.05, 0.1) is 31.4 Å². The van der Waals surface area contributed by atoms with Crippen LogP contribution < -0.4 is 10.6 Å². The van der Waals surface area contributed by atoms with E-state index in [0.717, 1.165) is 43.2 Å². The number of esters is 1. The molecule has 0 aliphatic carbocycles. The fraction of sp³-hybridized carbons (Fsp3) is 0.227. The molecule has 2 aromatic heterocycles. The van der Waals surface area contributed by atoms with Crippen molar-refractivity contribution in [3.05, 3.63) is 54.1 Å². The van der Waals surface area contributed by atoms with Crippen LogP contribution in [0.2, 0.25) is 0 Å².